The molecule has 1 amide bonds. The zero-order valence-corrected chi connectivity index (χ0v) is 14.1. The number of H-pyrrole nitrogens is 1. The number of para-hydroxylation sites is 1. The summed E-state index contributed by atoms with van der Waals surface area (Å²) < 4.78 is 38.6. The molecule has 1 N–H and O–H groups in total. The van der Waals surface area contributed by atoms with Crippen molar-refractivity contribution in [3.63, 3.8) is 0 Å². The van der Waals surface area contributed by atoms with Crippen molar-refractivity contribution in [3.05, 3.63) is 75.6 Å². The summed E-state index contributed by atoms with van der Waals surface area (Å²) in [5, 5.41) is 0.0548. The molecule has 4 nitrogen and oxygen atoms in total. The Kier molecular flexibility index (Phi) is 4.02. The van der Waals surface area contributed by atoms with Crippen LogP contribution in [0.4, 0.5) is 18.9 Å². The van der Waals surface area contributed by atoms with Gasteiger partial charge in [-0.2, -0.15) is 13.2 Å². The largest absolute Gasteiger partial charge is 0.416 e. The molecule has 1 aliphatic rings. The predicted molar refractivity (Wildman–Crippen MR) is 96.0 cm³/mol. The van der Waals surface area contributed by atoms with Crippen molar-refractivity contribution < 1.29 is 18.0 Å². The molecule has 0 saturated heterocycles. The average molecular weight is 372 g/mol. The molecule has 0 radical (unpaired) electrons. The molecule has 7 heteroatoms. The number of hydrogen-bond donors (Lipinski definition) is 1. The Morgan fingerprint density at radius 3 is 2.67 bits per heavy atom. The van der Waals surface area contributed by atoms with Gasteiger partial charge in [0.2, 0.25) is 5.43 Å². The third kappa shape index (κ3) is 2.99. The van der Waals surface area contributed by atoms with Gasteiger partial charge in [0.25, 0.3) is 5.91 Å². The first kappa shape index (κ1) is 17.3. The summed E-state index contributed by atoms with van der Waals surface area (Å²) in [6, 6.07) is 10.3. The number of benzene rings is 2. The van der Waals surface area contributed by atoms with E-state index in [-0.39, 0.29) is 16.5 Å². The van der Waals surface area contributed by atoms with Crippen molar-refractivity contribution >= 4 is 22.5 Å². The smallest absolute Gasteiger partial charge is 0.360 e. The number of amides is 1. The minimum Gasteiger partial charge on any atom is -0.360 e. The lowest BCUT2D eigenvalue weighted by Gasteiger charge is -2.29. The van der Waals surface area contributed by atoms with Gasteiger partial charge in [-0.25, -0.2) is 0 Å². The Hall–Kier alpha value is -3.09. The molecule has 0 bridgehead atoms. The Labute approximate surface area is 152 Å². The molecule has 0 unspecified atom stereocenters. The number of alkyl halides is 3. The van der Waals surface area contributed by atoms with Crippen molar-refractivity contribution in [2.45, 2.75) is 19.0 Å². The quantitative estimate of drug-likeness (QED) is 0.698. The lowest BCUT2D eigenvalue weighted by atomic mass is 10.0. The van der Waals surface area contributed by atoms with E-state index in [4.69, 9.17) is 0 Å². The Bertz CT molecular complexity index is 1100. The summed E-state index contributed by atoms with van der Waals surface area (Å²) >= 11 is 0. The number of nitrogens with one attached hydrogen (secondary N) is 1. The van der Waals surface area contributed by atoms with Crippen LogP contribution < -0.4 is 10.3 Å². The van der Waals surface area contributed by atoms with Crippen LogP contribution in [0.3, 0.4) is 0 Å². The number of halogens is 3. The van der Waals surface area contributed by atoms with Gasteiger partial charge in [-0.1, -0.05) is 18.2 Å². The molecule has 2 heterocycles. The monoisotopic (exact) mass is 372 g/mol. The zero-order valence-electron chi connectivity index (χ0n) is 14.1. The predicted octanol–water partition coefficient (Wildman–Crippen LogP) is 4.14. The molecule has 2 aromatic carbocycles. The van der Waals surface area contributed by atoms with Crippen LogP contribution in [-0.4, -0.2) is 17.4 Å². The number of aromatic amines is 1. The average Bonchev–Trinajstić information content (AvgIpc) is 2.66. The maximum Gasteiger partial charge on any atom is 0.416 e. The van der Waals surface area contributed by atoms with Gasteiger partial charge >= 0.3 is 6.18 Å². The van der Waals surface area contributed by atoms with Crippen LogP contribution >= 0.6 is 0 Å². The topological polar surface area (TPSA) is 53.2 Å². The van der Waals surface area contributed by atoms with Crippen LogP contribution in [0.2, 0.25) is 0 Å². The van der Waals surface area contributed by atoms with Gasteiger partial charge < -0.3 is 9.88 Å². The van der Waals surface area contributed by atoms with Crippen LogP contribution in [0, 0.1) is 0 Å². The fourth-order valence-electron chi connectivity index (χ4n) is 3.45. The summed E-state index contributed by atoms with van der Waals surface area (Å²) in [4.78, 5) is 29.9. The van der Waals surface area contributed by atoms with E-state index in [0.717, 1.165) is 42.3 Å². The van der Waals surface area contributed by atoms with Crippen LogP contribution in [0.25, 0.3) is 10.9 Å². The van der Waals surface area contributed by atoms with Crippen LogP contribution in [0.1, 0.15) is 27.9 Å². The van der Waals surface area contributed by atoms with Crippen LogP contribution in [-0.2, 0) is 12.6 Å². The summed E-state index contributed by atoms with van der Waals surface area (Å²) in [5.74, 6) is -0.454. The number of nitrogens with zero attached hydrogens (tertiary/aromatic N) is 1. The molecule has 1 aliphatic heterocycles. The maximum atomic E-state index is 13.0. The lowest BCUT2D eigenvalue weighted by Crippen LogP contribution is -2.38. The Morgan fingerprint density at radius 1 is 1.11 bits per heavy atom. The molecule has 0 fully saturated rings. The fourth-order valence-corrected chi connectivity index (χ4v) is 3.45. The second-order valence-electron chi connectivity index (χ2n) is 6.48. The fraction of sp³-hybridized carbons (Fsp3) is 0.200. The molecule has 0 aliphatic carbocycles. The minimum atomic E-state index is -4.50. The highest BCUT2D eigenvalue weighted by molar-refractivity contribution is 6.07. The maximum absolute atomic E-state index is 13.0. The number of anilines is 1. The number of hydrogen-bond acceptors (Lipinski definition) is 2. The molecule has 0 spiro atoms. The third-order valence-electron chi connectivity index (χ3n) is 4.79. The molecule has 1 aromatic heterocycles. The van der Waals surface area contributed by atoms with Crippen molar-refractivity contribution in [2.24, 2.45) is 0 Å². The number of rotatable bonds is 1. The van der Waals surface area contributed by atoms with Gasteiger partial charge in [0.1, 0.15) is 5.56 Å². The first-order valence-corrected chi connectivity index (χ1v) is 8.48. The van der Waals surface area contributed by atoms with E-state index >= 15 is 0 Å². The number of fused-ring (bicyclic) bond motifs is 2. The Balaban J connectivity index is 1.78. The minimum absolute atomic E-state index is 0.0467. The van der Waals surface area contributed by atoms with E-state index in [1.807, 2.05) is 24.3 Å². The van der Waals surface area contributed by atoms with Crippen LogP contribution in [0.5, 0.6) is 0 Å². The van der Waals surface area contributed by atoms with Gasteiger partial charge in [0, 0.05) is 29.3 Å². The van der Waals surface area contributed by atoms with Gasteiger partial charge in [0.15, 0.2) is 0 Å². The van der Waals surface area contributed by atoms with Gasteiger partial charge in [-0.3, -0.25) is 9.59 Å². The van der Waals surface area contributed by atoms with Crippen molar-refractivity contribution in [1.82, 2.24) is 4.98 Å². The second kappa shape index (κ2) is 6.26. The standard InChI is InChI=1S/C20H15F3N2O2/c21-20(22,23)13-7-8-14-16(10-13)24-11-15(18(14)26)19(27)25-9-3-5-12-4-1-2-6-17(12)25/h1-2,4,6-8,10-11H,3,5,9H2,(H,24,26). The van der Waals surface area contributed by atoms with E-state index in [1.165, 1.54) is 6.20 Å². The van der Waals surface area contributed by atoms with Crippen molar-refractivity contribution in [3.8, 4) is 0 Å². The zero-order chi connectivity index (χ0) is 19.2. The molecular formula is C20H15F3N2O2. The SMILES string of the molecule is O=C(c1c[nH]c2cc(C(F)(F)F)ccc2c1=O)N1CCCc2ccccc21. The summed E-state index contributed by atoms with van der Waals surface area (Å²) in [6.45, 7) is 0.486. The van der Waals surface area contributed by atoms with Crippen molar-refractivity contribution in [2.75, 3.05) is 11.4 Å². The summed E-state index contributed by atoms with van der Waals surface area (Å²) in [7, 11) is 0. The number of pyridine rings is 1. The third-order valence-corrected chi connectivity index (χ3v) is 4.79. The van der Waals surface area contributed by atoms with Gasteiger partial charge in [-0.05, 0) is 42.7 Å². The molecule has 0 saturated carbocycles. The normalized spacial score (nSPS) is 14.3. The number of aryl methyl sites for hydroxylation is 1. The molecule has 3 aromatic rings. The molecular weight excluding hydrogens is 357 g/mol. The van der Waals surface area contributed by atoms with E-state index in [0.29, 0.717) is 6.54 Å². The highest BCUT2D eigenvalue weighted by Gasteiger charge is 2.31. The molecule has 0 atom stereocenters. The second-order valence-corrected chi connectivity index (χ2v) is 6.48. The number of aromatic nitrogens is 1. The van der Waals surface area contributed by atoms with Crippen LogP contribution in [0.15, 0.2) is 53.5 Å². The van der Waals surface area contributed by atoms with Crippen molar-refractivity contribution in [1.29, 1.82) is 0 Å². The van der Waals surface area contributed by atoms with Gasteiger partial charge in [-0.15, -0.1) is 0 Å². The van der Waals surface area contributed by atoms with E-state index in [9.17, 15) is 22.8 Å². The Morgan fingerprint density at radius 2 is 1.89 bits per heavy atom. The first-order valence-electron chi connectivity index (χ1n) is 8.48. The van der Waals surface area contributed by atoms with E-state index < -0.39 is 23.1 Å². The molecule has 138 valence electrons. The highest BCUT2D eigenvalue weighted by atomic mass is 19.4. The lowest BCUT2D eigenvalue weighted by molar-refractivity contribution is -0.137. The summed E-state index contributed by atoms with van der Waals surface area (Å²) in [6.07, 6.45) is -1.67. The van der Waals surface area contributed by atoms with E-state index in [2.05, 4.69) is 4.98 Å². The summed E-state index contributed by atoms with van der Waals surface area (Å²) in [5.41, 5.74) is 0.328. The highest BCUT2D eigenvalue weighted by Crippen LogP contribution is 2.31. The first-order chi connectivity index (χ1) is 12.9. The number of carbonyl (C=O) groups is 1. The number of carbonyl (C=O) groups excluding carboxylic acids is 1. The van der Waals surface area contributed by atoms with Gasteiger partial charge in [0.05, 0.1) is 5.56 Å². The van der Waals surface area contributed by atoms with E-state index in [1.54, 1.807) is 4.90 Å². The molecule has 4 rings (SSSR count). The molecule has 27 heavy (non-hydrogen) atoms.